The standard InChI is InChI=1S/C15H17NOS/c1-9-5-11(3)14(6-10(9)2)15-16-13(8-18-15)7-12(4)17/h5-6,8H,7H2,1-4H3. The Morgan fingerprint density at radius 1 is 1.17 bits per heavy atom. The molecule has 0 spiro atoms. The van der Waals surface area contributed by atoms with Gasteiger partial charge in [-0.15, -0.1) is 11.3 Å². The van der Waals surface area contributed by atoms with E-state index in [-0.39, 0.29) is 5.78 Å². The molecule has 0 radical (unpaired) electrons. The molecule has 1 aromatic heterocycles. The fourth-order valence-corrected chi connectivity index (χ4v) is 2.86. The predicted molar refractivity (Wildman–Crippen MR) is 76.1 cm³/mol. The highest BCUT2D eigenvalue weighted by Crippen LogP contribution is 2.29. The maximum atomic E-state index is 11.1. The number of ketones is 1. The average Bonchev–Trinajstić information content (AvgIpc) is 2.70. The van der Waals surface area contributed by atoms with Crippen LogP contribution in [0.4, 0.5) is 0 Å². The molecule has 3 heteroatoms. The van der Waals surface area contributed by atoms with Crippen LogP contribution in [0.2, 0.25) is 0 Å². The molecule has 0 aliphatic heterocycles. The molecule has 0 saturated carbocycles. The van der Waals surface area contributed by atoms with Crippen LogP contribution in [-0.4, -0.2) is 10.8 Å². The van der Waals surface area contributed by atoms with Crippen molar-refractivity contribution in [3.63, 3.8) is 0 Å². The minimum Gasteiger partial charge on any atom is -0.300 e. The molecule has 0 atom stereocenters. The molecule has 18 heavy (non-hydrogen) atoms. The Morgan fingerprint density at radius 2 is 1.83 bits per heavy atom. The number of aromatic nitrogens is 1. The second-order valence-electron chi connectivity index (χ2n) is 4.77. The van der Waals surface area contributed by atoms with Crippen molar-refractivity contribution in [2.75, 3.05) is 0 Å². The average molecular weight is 259 g/mol. The van der Waals surface area contributed by atoms with Gasteiger partial charge in [-0.2, -0.15) is 0 Å². The van der Waals surface area contributed by atoms with Crippen molar-refractivity contribution in [3.8, 4) is 10.6 Å². The number of benzene rings is 1. The summed E-state index contributed by atoms with van der Waals surface area (Å²) in [5, 5.41) is 2.98. The molecule has 2 aromatic rings. The van der Waals surface area contributed by atoms with Gasteiger partial charge in [0, 0.05) is 17.4 Å². The van der Waals surface area contributed by atoms with Gasteiger partial charge in [-0.1, -0.05) is 6.07 Å². The van der Waals surface area contributed by atoms with Crippen LogP contribution in [0.15, 0.2) is 17.5 Å². The third-order valence-corrected chi connectivity index (χ3v) is 3.98. The highest BCUT2D eigenvalue weighted by Gasteiger charge is 2.10. The van der Waals surface area contributed by atoms with E-state index < -0.39 is 0 Å². The summed E-state index contributed by atoms with van der Waals surface area (Å²) in [6.45, 7) is 7.94. The molecule has 1 aromatic carbocycles. The second-order valence-corrected chi connectivity index (χ2v) is 5.63. The number of hydrogen-bond acceptors (Lipinski definition) is 3. The monoisotopic (exact) mass is 259 g/mol. The van der Waals surface area contributed by atoms with E-state index >= 15 is 0 Å². The maximum Gasteiger partial charge on any atom is 0.135 e. The summed E-state index contributed by atoms with van der Waals surface area (Å²) >= 11 is 1.61. The zero-order valence-corrected chi connectivity index (χ0v) is 12.0. The van der Waals surface area contributed by atoms with Crippen LogP contribution in [-0.2, 0) is 11.2 Å². The van der Waals surface area contributed by atoms with Crippen molar-refractivity contribution in [3.05, 3.63) is 39.9 Å². The quantitative estimate of drug-likeness (QED) is 0.837. The molecular formula is C15H17NOS. The topological polar surface area (TPSA) is 30.0 Å². The number of carbonyl (C=O) groups excluding carboxylic acids is 1. The van der Waals surface area contributed by atoms with Crippen molar-refractivity contribution in [1.29, 1.82) is 0 Å². The molecule has 1 heterocycles. The second kappa shape index (κ2) is 5.02. The van der Waals surface area contributed by atoms with Gasteiger partial charge in [-0.05, 0) is 50.5 Å². The Morgan fingerprint density at radius 3 is 2.50 bits per heavy atom. The van der Waals surface area contributed by atoms with Crippen LogP contribution in [0.25, 0.3) is 10.6 Å². The predicted octanol–water partition coefficient (Wildman–Crippen LogP) is 3.87. The summed E-state index contributed by atoms with van der Waals surface area (Å²) in [7, 11) is 0. The van der Waals surface area contributed by atoms with Crippen LogP contribution < -0.4 is 0 Å². The number of nitrogens with zero attached hydrogens (tertiary/aromatic N) is 1. The number of thiazole rings is 1. The Bertz CT molecular complexity index is 599. The summed E-state index contributed by atoms with van der Waals surface area (Å²) in [6, 6.07) is 4.37. The number of hydrogen-bond donors (Lipinski definition) is 0. The lowest BCUT2D eigenvalue weighted by Gasteiger charge is -2.07. The van der Waals surface area contributed by atoms with Gasteiger partial charge in [0.2, 0.25) is 0 Å². The van der Waals surface area contributed by atoms with Gasteiger partial charge in [0.1, 0.15) is 10.8 Å². The van der Waals surface area contributed by atoms with Gasteiger partial charge in [0.25, 0.3) is 0 Å². The van der Waals surface area contributed by atoms with E-state index in [4.69, 9.17) is 0 Å². The van der Waals surface area contributed by atoms with E-state index in [9.17, 15) is 4.79 Å². The summed E-state index contributed by atoms with van der Waals surface area (Å²) in [5.41, 5.74) is 5.87. The molecule has 0 N–H and O–H groups in total. The molecule has 0 fully saturated rings. The first-order valence-electron chi connectivity index (χ1n) is 5.99. The zero-order chi connectivity index (χ0) is 13.3. The Kier molecular flexibility index (Phi) is 3.62. The van der Waals surface area contributed by atoms with Gasteiger partial charge in [-0.3, -0.25) is 4.79 Å². The summed E-state index contributed by atoms with van der Waals surface area (Å²) in [5.74, 6) is 0.156. The lowest BCUT2D eigenvalue weighted by Crippen LogP contribution is -1.96. The Balaban J connectivity index is 2.40. The van der Waals surface area contributed by atoms with Crippen LogP contribution >= 0.6 is 11.3 Å². The third kappa shape index (κ3) is 2.67. The van der Waals surface area contributed by atoms with Gasteiger partial charge >= 0.3 is 0 Å². The van der Waals surface area contributed by atoms with Crippen molar-refractivity contribution >= 4 is 17.1 Å². The van der Waals surface area contributed by atoms with Crippen molar-refractivity contribution < 1.29 is 4.79 Å². The van der Waals surface area contributed by atoms with E-state index in [1.54, 1.807) is 18.3 Å². The smallest absolute Gasteiger partial charge is 0.135 e. The summed E-state index contributed by atoms with van der Waals surface area (Å²) in [4.78, 5) is 15.6. The van der Waals surface area contributed by atoms with Crippen molar-refractivity contribution in [1.82, 2.24) is 4.98 Å². The van der Waals surface area contributed by atoms with Crippen LogP contribution in [0.5, 0.6) is 0 Å². The van der Waals surface area contributed by atoms with E-state index in [2.05, 4.69) is 37.9 Å². The van der Waals surface area contributed by atoms with Crippen LogP contribution in [0.1, 0.15) is 29.3 Å². The summed E-state index contributed by atoms with van der Waals surface area (Å²) < 4.78 is 0. The fourth-order valence-electron chi connectivity index (χ4n) is 1.96. The SMILES string of the molecule is CC(=O)Cc1csc(-c2cc(C)c(C)cc2C)n1. The number of aryl methyl sites for hydroxylation is 3. The summed E-state index contributed by atoms with van der Waals surface area (Å²) in [6.07, 6.45) is 0.431. The first-order chi connectivity index (χ1) is 8.47. The highest BCUT2D eigenvalue weighted by atomic mass is 32.1. The Hall–Kier alpha value is -1.48. The highest BCUT2D eigenvalue weighted by molar-refractivity contribution is 7.13. The molecule has 0 bridgehead atoms. The molecule has 2 nitrogen and oxygen atoms in total. The molecule has 94 valence electrons. The third-order valence-electron chi connectivity index (χ3n) is 3.05. The van der Waals surface area contributed by atoms with Gasteiger partial charge in [0.15, 0.2) is 0 Å². The van der Waals surface area contributed by atoms with E-state index in [0.29, 0.717) is 6.42 Å². The first-order valence-corrected chi connectivity index (χ1v) is 6.87. The molecular weight excluding hydrogens is 242 g/mol. The fraction of sp³-hybridized carbons (Fsp3) is 0.333. The molecule has 2 rings (SSSR count). The first kappa shape index (κ1) is 13.0. The molecule has 0 aliphatic carbocycles. The normalized spacial score (nSPS) is 10.7. The minimum absolute atomic E-state index is 0.156. The minimum atomic E-state index is 0.156. The number of rotatable bonds is 3. The zero-order valence-electron chi connectivity index (χ0n) is 11.2. The van der Waals surface area contributed by atoms with E-state index in [0.717, 1.165) is 10.7 Å². The Labute approximate surface area is 112 Å². The van der Waals surface area contributed by atoms with Gasteiger partial charge in [0.05, 0.1) is 5.69 Å². The van der Waals surface area contributed by atoms with Crippen molar-refractivity contribution in [2.24, 2.45) is 0 Å². The van der Waals surface area contributed by atoms with Crippen LogP contribution in [0.3, 0.4) is 0 Å². The van der Waals surface area contributed by atoms with Gasteiger partial charge < -0.3 is 0 Å². The molecule has 0 saturated heterocycles. The van der Waals surface area contributed by atoms with Crippen molar-refractivity contribution in [2.45, 2.75) is 34.1 Å². The molecule has 0 unspecified atom stereocenters. The van der Waals surface area contributed by atoms with E-state index in [1.807, 2.05) is 5.38 Å². The lowest BCUT2D eigenvalue weighted by molar-refractivity contribution is -0.116. The largest absolute Gasteiger partial charge is 0.300 e. The lowest BCUT2D eigenvalue weighted by atomic mass is 10.0. The number of Topliss-reactive ketones (excluding diaryl/α,β-unsaturated/α-hetero) is 1. The van der Waals surface area contributed by atoms with Gasteiger partial charge in [-0.25, -0.2) is 4.98 Å². The number of carbonyl (C=O) groups is 1. The maximum absolute atomic E-state index is 11.1. The van der Waals surface area contributed by atoms with Crippen LogP contribution in [0, 0.1) is 20.8 Å². The molecule has 0 amide bonds. The molecule has 0 aliphatic rings. The van der Waals surface area contributed by atoms with E-state index in [1.165, 1.54) is 22.3 Å².